The van der Waals surface area contributed by atoms with E-state index in [-0.39, 0.29) is 6.61 Å². The summed E-state index contributed by atoms with van der Waals surface area (Å²) in [5, 5.41) is 1.88. The summed E-state index contributed by atoms with van der Waals surface area (Å²) >= 11 is 0. The molecule has 2 aromatic carbocycles. The van der Waals surface area contributed by atoms with Crippen LogP contribution in [0.1, 0.15) is 18.9 Å². The van der Waals surface area contributed by atoms with Crippen molar-refractivity contribution in [1.82, 2.24) is 5.09 Å². The Morgan fingerprint density at radius 2 is 1.83 bits per heavy atom. The van der Waals surface area contributed by atoms with E-state index >= 15 is 0 Å². The van der Waals surface area contributed by atoms with Gasteiger partial charge in [-0.05, 0) is 42.7 Å². The van der Waals surface area contributed by atoms with Crippen LogP contribution in [0.3, 0.4) is 0 Å². The zero-order chi connectivity index (χ0) is 17.4. The fourth-order valence-corrected chi connectivity index (χ4v) is 2.92. The maximum Gasteiger partial charge on any atom is 0.432 e. The number of carbonyl (C=O) groups excluding carboxylic acids is 1. The molecule has 0 aliphatic carbocycles. The van der Waals surface area contributed by atoms with Crippen LogP contribution in [0.25, 0.3) is 0 Å². The summed E-state index contributed by atoms with van der Waals surface area (Å²) in [6.07, 6.45) is 1.20. The van der Waals surface area contributed by atoms with E-state index in [1.165, 1.54) is 0 Å². The lowest BCUT2D eigenvalue weighted by Crippen LogP contribution is -2.18. The average Bonchev–Trinajstić information content (AvgIpc) is 2.52. The molecule has 1 atom stereocenters. The normalized spacial score (nSPS) is 13.1. The highest BCUT2D eigenvalue weighted by Gasteiger charge is 2.19. The van der Waals surface area contributed by atoms with Crippen molar-refractivity contribution in [1.29, 1.82) is 0 Å². The maximum atomic E-state index is 11.5. The van der Waals surface area contributed by atoms with Gasteiger partial charge in [-0.2, -0.15) is 0 Å². The molecule has 0 saturated heterocycles. The van der Waals surface area contributed by atoms with Crippen molar-refractivity contribution < 1.29 is 23.5 Å². The Morgan fingerprint density at radius 1 is 1.12 bits per heavy atom. The summed E-state index contributed by atoms with van der Waals surface area (Å²) in [5.74, 6) is 0.881. The van der Waals surface area contributed by atoms with Gasteiger partial charge in [0.2, 0.25) is 5.91 Å². The Hall–Kier alpha value is -2.14. The first-order valence-electron chi connectivity index (χ1n) is 7.53. The Kier molecular flexibility index (Phi) is 6.55. The third-order valence-corrected chi connectivity index (χ3v) is 4.18. The molecule has 24 heavy (non-hydrogen) atoms. The minimum absolute atomic E-state index is 0.0673. The van der Waals surface area contributed by atoms with Crippen LogP contribution in [0.15, 0.2) is 54.6 Å². The van der Waals surface area contributed by atoms with Gasteiger partial charge in [0.15, 0.2) is 0 Å². The van der Waals surface area contributed by atoms with Crippen molar-refractivity contribution in [2.45, 2.75) is 19.8 Å². The molecule has 0 bridgehead atoms. The lowest BCUT2D eigenvalue weighted by molar-refractivity contribution is -0.117. The summed E-state index contributed by atoms with van der Waals surface area (Å²) in [6, 6.07) is 17.1. The van der Waals surface area contributed by atoms with Gasteiger partial charge in [0.05, 0.1) is 6.61 Å². The van der Waals surface area contributed by atoms with Gasteiger partial charge in [0.1, 0.15) is 11.5 Å². The molecule has 0 aliphatic heterocycles. The topological polar surface area (TPSA) is 84.9 Å². The molecule has 6 nitrogen and oxygen atoms in total. The lowest BCUT2D eigenvalue weighted by Gasteiger charge is -2.12. The van der Waals surface area contributed by atoms with Gasteiger partial charge >= 0.3 is 7.75 Å². The van der Waals surface area contributed by atoms with Gasteiger partial charge in [-0.15, -0.1) is 0 Å². The molecular formula is C17H20NO5P. The molecule has 1 unspecified atom stereocenters. The van der Waals surface area contributed by atoms with Gasteiger partial charge in [-0.25, -0.2) is 4.57 Å². The van der Waals surface area contributed by atoms with E-state index in [0.717, 1.165) is 24.0 Å². The fourth-order valence-electron chi connectivity index (χ4n) is 2.08. The maximum absolute atomic E-state index is 11.5. The standard InChI is InChI=1S/C17H20NO5P/c1-14(19)18-24(20,21)22-12-6-8-15-7-5-11-17(13-15)23-16-9-3-2-4-10-16/h2-5,7,9-11,13H,6,8,12H2,1H3,(H2,18,19,20,21). The van der Waals surface area contributed by atoms with Gasteiger partial charge in [0.25, 0.3) is 0 Å². The summed E-state index contributed by atoms with van der Waals surface area (Å²) in [7, 11) is -4.05. The molecule has 1 amide bonds. The van der Waals surface area contributed by atoms with E-state index in [1.807, 2.05) is 59.7 Å². The molecule has 2 N–H and O–H groups in total. The van der Waals surface area contributed by atoms with Crippen molar-refractivity contribution in [3.05, 3.63) is 60.2 Å². The first-order chi connectivity index (χ1) is 11.4. The third kappa shape index (κ3) is 6.54. The van der Waals surface area contributed by atoms with Crippen LogP contribution in [-0.2, 0) is 20.3 Å². The van der Waals surface area contributed by atoms with Crippen molar-refractivity contribution in [2.75, 3.05) is 6.61 Å². The molecule has 0 heterocycles. The van der Waals surface area contributed by atoms with Crippen LogP contribution in [0.5, 0.6) is 11.5 Å². The summed E-state index contributed by atoms with van der Waals surface area (Å²) in [4.78, 5) is 20.1. The molecule has 7 heteroatoms. The fraction of sp³-hybridized carbons (Fsp3) is 0.235. The zero-order valence-corrected chi connectivity index (χ0v) is 14.2. The highest BCUT2D eigenvalue weighted by molar-refractivity contribution is 7.51. The predicted octanol–water partition coefficient (Wildman–Crippen LogP) is 3.66. The molecule has 0 aromatic heterocycles. The van der Waals surface area contributed by atoms with E-state index < -0.39 is 13.7 Å². The number of hydrogen-bond donors (Lipinski definition) is 2. The first kappa shape index (κ1) is 18.2. The van der Waals surface area contributed by atoms with Crippen molar-refractivity contribution in [3.8, 4) is 11.5 Å². The minimum Gasteiger partial charge on any atom is -0.457 e. The van der Waals surface area contributed by atoms with Gasteiger partial charge in [-0.3, -0.25) is 14.4 Å². The van der Waals surface area contributed by atoms with Crippen molar-refractivity contribution >= 4 is 13.7 Å². The molecular weight excluding hydrogens is 329 g/mol. The molecule has 0 fully saturated rings. The number of hydrogen-bond acceptors (Lipinski definition) is 4. The average molecular weight is 349 g/mol. The molecule has 128 valence electrons. The second kappa shape index (κ2) is 8.64. The Bertz CT molecular complexity index is 720. The Labute approximate surface area is 141 Å². The minimum atomic E-state index is -4.05. The number of nitrogens with one attached hydrogen (secondary N) is 1. The quantitative estimate of drug-likeness (QED) is 0.561. The summed E-state index contributed by atoms with van der Waals surface area (Å²) < 4.78 is 22.1. The number of aryl methyl sites for hydroxylation is 1. The van der Waals surface area contributed by atoms with Gasteiger partial charge in [-0.1, -0.05) is 30.3 Å². The molecule has 0 aliphatic rings. The number of ether oxygens (including phenoxy) is 1. The third-order valence-electron chi connectivity index (χ3n) is 3.05. The summed E-state index contributed by atoms with van der Waals surface area (Å²) in [6.45, 7) is 1.22. The highest BCUT2D eigenvalue weighted by atomic mass is 31.2. The molecule has 0 radical (unpaired) electrons. The van der Waals surface area contributed by atoms with Crippen LogP contribution >= 0.6 is 7.75 Å². The van der Waals surface area contributed by atoms with Crippen LogP contribution in [0, 0.1) is 0 Å². The van der Waals surface area contributed by atoms with Crippen LogP contribution < -0.4 is 9.82 Å². The van der Waals surface area contributed by atoms with Crippen molar-refractivity contribution in [2.24, 2.45) is 0 Å². The summed E-state index contributed by atoms with van der Waals surface area (Å²) in [5.41, 5.74) is 1.03. The number of amides is 1. The number of benzene rings is 2. The Balaban J connectivity index is 1.82. The predicted molar refractivity (Wildman–Crippen MR) is 90.9 cm³/mol. The SMILES string of the molecule is CC(=O)NP(=O)(O)OCCCc1cccc(Oc2ccccc2)c1. The zero-order valence-electron chi connectivity index (χ0n) is 13.3. The van der Waals surface area contributed by atoms with E-state index in [0.29, 0.717) is 12.8 Å². The van der Waals surface area contributed by atoms with E-state index in [9.17, 15) is 14.3 Å². The molecule has 2 aromatic rings. The molecule has 2 rings (SSSR count). The monoisotopic (exact) mass is 349 g/mol. The van der Waals surface area contributed by atoms with Gasteiger partial charge < -0.3 is 9.63 Å². The number of para-hydroxylation sites is 1. The van der Waals surface area contributed by atoms with Crippen LogP contribution in [0.4, 0.5) is 0 Å². The Morgan fingerprint density at radius 3 is 2.54 bits per heavy atom. The number of carbonyl (C=O) groups is 1. The molecule has 0 spiro atoms. The van der Waals surface area contributed by atoms with E-state index in [2.05, 4.69) is 0 Å². The van der Waals surface area contributed by atoms with Crippen molar-refractivity contribution in [3.63, 3.8) is 0 Å². The molecule has 0 saturated carbocycles. The van der Waals surface area contributed by atoms with E-state index in [1.54, 1.807) is 0 Å². The second-order valence-corrected chi connectivity index (χ2v) is 6.71. The highest BCUT2D eigenvalue weighted by Crippen LogP contribution is 2.36. The van der Waals surface area contributed by atoms with Crippen LogP contribution in [0.2, 0.25) is 0 Å². The first-order valence-corrected chi connectivity index (χ1v) is 9.10. The second-order valence-electron chi connectivity index (χ2n) is 5.19. The van der Waals surface area contributed by atoms with Crippen LogP contribution in [-0.4, -0.2) is 17.4 Å². The lowest BCUT2D eigenvalue weighted by atomic mass is 10.1. The largest absolute Gasteiger partial charge is 0.457 e. The van der Waals surface area contributed by atoms with Gasteiger partial charge in [0, 0.05) is 6.92 Å². The smallest absolute Gasteiger partial charge is 0.432 e. The van der Waals surface area contributed by atoms with E-state index in [4.69, 9.17) is 9.26 Å². The number of rotatable bonds is 8.